The van der Waals surface area contributed by atoms with E-state index < -0.39 is 0 Å². The molecule has 1 heterocycles. The van der Waals surface area contributed by atoms with E-state index in [2.05, 4.69) is 27.5 Å². The molecule has 1 aliphatic rings. The lowest BCUT2D eigenvalue weighted by Gasteiger charge is -2.36. The highest BCUT2D eigenvalue weighted by Gasteiger charge is 2.29. The second kappa shape index (κ2) is 5.12. The number of aromatic nitrogens is 2. The van der Waals surface area contributed by atoms with E-state index in [4.69, 9.17) is 0 Å². The third kappa shape index (κ3) is 3.15. The molecule has 1 aromatic rings. The first kappa shape index (κ1) is 11.8. The number of hydrogen-bond donors (Lipinski definition) is 2. The van der Waals surface area contributed by atoms with E-state index in [-0.39, 0.29) is 5.91 Å². The molecule has 0 aliphatic heterocycles. The molecular formula is C12H18N4O. The van der Waals surface area contributed by atoms with Gasteiger partial charge in [-0.3, -0.25) is 4.79 Å². The van der Waals surface area contributed by atoms with Crippen molar-refractivity contribution in [2.24, 2.45) is 0 Å². The first-order valence-corrected chi connectivity index (χ1v) is 6.02. The standard InChI is InChI=1S/C12H18N4O/c1-3-9-6-12(14-7-13-9)16-11-4-10(5-11)15-8(2)17/h6-7,10-11H,3-5H2,1-2H3,(H,15,17)(H,13,14,16)/t10-,11-. The summed E-state index contributed by atoms with van der Waals surface area (Å²) in [6.45, 7) is 3.63. The van der Waals surface area contributed by atoms with Gasteiger partial charge in [-0.25, -0.2) is 9.97 Å². The molecule has 0 bridgehead atoms. The third-order valence-corrected chi connectivity index (χ3v) is 2.98. The maximum Gasteiger partial charge on any atom is 0.217 e. The Bertz CT molecular complexity index is 401. The van der Waals surface area contributed by atoms with Crippen molar-refractivity contribution in [2.75, 3.05) is 5.32 Å². The second-order valence-corrected chi connectivity index (χ2v) is 4.46. The zero-order valence-corrected chi connectivity index (χ0v) is 10.2. The molecular weight excluding hydrogens is 216 g/mol. The van der Waals surface area contributed by atoms with E-state index in [1.54, 1.807) is 13.3 Å². The Morgan fingerprint density at radius 3 is 2.82 bits per heavy atom. The number of amides is 1. The number of carbonyl (C=O) groups is 1. The predicted octanol–water partition coefficient (Wildman–Crippen LogP) is 1.12. The van der Waals surface area contributed by atoms with Gasteiger partial charge in [0.1, 0.15) is 12.1 Å². The smallest absolute Gasteiger partial charge is 0.217 e. The summed E-state index contributed by atoms with van der Waals surface area (Å²) < 4.78 is 0. The number of rotatable bonds is 4. The molecule has 1 fully saturated rings. The fourth-order valence-electron chi connectivity index (χ4n) is 2.02. The monoisotopic (exact) mass is 234 g/mol. The molecule has 0 aromatic carbocycles. The minimum Gasteiger partial charge on any atom is -0.367 e. The average molecular weight is 234 g/mol. The highest BCUT2D eigenvalue weighted by atomic mass is 16.1. The first-order chi connectivity index (χ1) is 8.17. The van der Waals surface area contributed by atoms with Crippen LogP contribution in [0.5, 0.6) is 0 Å². The lowest BCUT2D eigenvalue weighted by atomic mass is 9.86. The Hall–Kier alpha value is -1.65. The van der Waals surface area contributed by atoms with Gasteiger partial charge in [0.15, 0.2) is 0 Å². The topological polar surface area (TPSA) is 66.9 Å². The summed E-state index contributed by atoms with van der Waals surface area (Å²) in [7, 11) is 0. The van der Waals surface area contributed by atoms with Crippen LogP contribution in [0.15, 0.2) is 12.4 Å². The molecule has 5 heteroatoms. The lowest BCUT2D eigenvalue weighted by molar-refractivity contribution is -0.120. The molecule has 2 rings (SSSR count). The largest absolute Gasteiger partial charge is 0.367 e. The quantitative estimate of drug-likeness (QED) is 0.819. The molecule has 0 spiro atoms. The molecule has 0 unspecified atom stereocenters. The molecule has 92 valence electrons. The number of carbonyl (C=O) groups excluding carboxylic acids is 1. The van der Waals surface area contributed by atoms with Crippen LogP contribution in [0.3, 0.4) is 0 Å². The van der Waals surface area contributed by atoms with Crippen molar-refractivity contribution >= 4 is 11.7 Å². The van der Waals surface area contributed by atoms with Gasteiger partial charge in [0.25, 0.3) is 0 Å². The SMILES string of the molecule is CCc1cc(N[C@H]2C[C@H](NC(C)=O)C2)ncn1. The van der Waals surface area contributed by atoms with Crippen LogP contribution in [0.4, 0.5) is 5.82 Å². The maximum absolute atomic E-state index is 10.8. The number of nitrogens with one attached hydrogen (secondary N) is 2. The van der Waals surface area contributed by atoms with E-state index in [1.165, 1.54) is 0 Å². The lowest BCUT2D eigenvalue weighted by Crippen LogP contribution is -2.49. The van der Waals surface area contributed by atoms with E-state index in [9.17, 15) is 4.79 Å². The van der Waals surface area contributed by atoms with Crippen LogP contribution in [-0.4, -0.2) is 28.0 Å². The summed E-state index contributed by atoms with van der Waals surface area (Å²) in [5.74, 6) is 0.923. The number of nitrogens with zero attached hydrogens (tertiary/aromatic N) is 2. The Balaban J connectivity index is 1.81. The van der Waals surface area contributed by atoms with Crippen molar-refractivity contribution in [2.45, 2.75) is 45.2 Å². The molecule has 0 saturated heterocycles. The first-order valence-electron chi connectivity index (χ1n) is 6.02. The Labute approximate surface area is 101 Å². The zero-order chi connectivity index (χ0) is 12.3. The van der Waals surface area contributed by atoms with Crippen molar-refractivity contribution < 1.29 is 4.79 Å². The van der Waals surface area contributed by atoms with Crippen LogP contribution >= 0.6 is 0 Å². The predicted molar refractivity (Wildman–Crippen MR) is 65.7 cm³/mol. The molecule has 1 amide bonds. The number of aryl methyl sites for hydroxylation is 1. The van der Waals surface area contributed by atoms with Gasteiger partial charge >= 0.3 is 0 Å². The fourth-order valence-corrected chi connectivity index (χ4v) is 2.02. The van der Waals surface area contributed by atoms with Crippen molar-refractivity contribution in [1.29, 1.82) is 0 Å². The van der Waals surface area contributed by atoms with Crippen molar-refractivity contribution in [3.8, 4) is 0 Å². The normalized spacial score (nSPS) is 22.7. The van der Waals surface area contributed by atoms with Crippen LogP contribution in [0, 0.1) is 0 Å². The third-order valence-electron chi connectivity index (χ3n) is 2.98. The molecule has 2 N–H and O–H groups in total. The van der Waals surface area contributed by atoms with Crippen LogP contribution < -0.4 is 10.6 Å². The van der Waals surface area contributed by atoms with Crippen LogP contribution in [0.2, 0.25) is 0 Å². The Morgan fingerprint density at radius 2 is 2.18 bits per heavy atom. The minimum atomic E-state index is 0.0451. The summed E-state index contributed by atoms with van der Waals surface area (Å²) in [4.78, 5) is 19.2. The van der Waals surface area contributed by atoms with Gasteiger partial charge in [-0.05, 0) is 19.3 Å². The van der Waals surface area contributed by atoms with Gasteiger partial charge in [0.2, 0.25) is 5.91 Å². The summed E-state index contributed by atoms with van der Waals surface area (Å²) >= 11 is 0. The number of anilines is 1. The minimum absolute atomic E-state index is 0.0451. The molecule has 1 saturated carbocycles. The summed E-state index contributed by atoms with van der Waals surface area (Å²) in [6.07, 6.45) is 4.43. The van der Waals surface area contributed by atoms with E-state index in [0.717, 1.165) is 30.8 Å². The van der Waals surface area contributed by atoms with Gasteiger partial charge in [0, 0.05) is 30.8 Å². The summed E-state index contributed by atoms with van der Waals surface area (Å²) in [6, 6.07) is 2.70. The number of hydrogen-bond acceptors (Lipinski definition) is 4. The van der Waals surface area contributed by atoms with Crippen molar-refractivity contribution in [3.63, 3.8) is 0 Å². The van der Waals surface area contributed by atoms with Gasteiger partial charge in [0.05, 0.1) is 0 Å². The van der Waals surface area contributed by atoms with Crippen molar-refractivity contribution in [3.05, 3.63) is 18.1 Å². The van der Waals surface area contributed by atoms with Gasteiger partial charge in [-0.2, -0.15) is 0 Å². The van der Waals surface area contributed by atoms with Crippen LogP contribution in [-0.2, 0) is 11.2 Å². The van der Waals surface area contributed by atoms with Gasteiger partial charge in [-0.1, -0.05) is 6.92 Å². The van der Waals surface area contributed by atoms with E-state index in [0.29, 0.717) is 12.1 Å². The zero-order valence-electron chi connectivity index (χ0n) is 10.2. The summed E-state index contributed by atoms with van der Waals surface area (Å²) in [5, 5.41) is 6.26. The Kier molecular flexibility index (Phi) is 3.56. The Morgan fingerprint density at radius 1 is 1.41 bits per heavy atom. The second-order valence-electron chi connectivity index (χ2n) is 4.46. The van der Waals surface area contributed by atoms with Crippen LogP contribution in [0.1, 0.15) is 32.4 Å². The molecule has 0 radical (unpaired) electrons. The summed E-state index contributed by atoms with van der Waals surface area (Å²) in [5.41, 5.74) is 1.04. The highest BCUT2D eigenvalue weighted by molar-refractivity contribution is 5.73. The maximum atomic E-state index is 10.8. The molecule has 17 heavy (non-hydrogen) atoms. The fraction of sp³-hybridized carbons (Fsp3) is 0.583. The van der Waals surface area contributed by atoms with Gasteiger partial charge < -0.3 is 10.6 Å². The molecule has 1 aliphatic carbocycles. The van der Waals surface area contributed by atoms with Crippen LogP contribution in [0.25, 0.3) is 0 Å². The van der Waals surface area contributed by atoms with Crippen molar-refractivity contribution in [1.82, 2.24) is 15.3 Å². The van der Waals surface area contributed by atoms with E-state index >= 15 is 0 Å². The van der Waals surface area contributed by atoms with E-state index in [1.807, 2.05) is 6.07 Å². The molecule has 1 aromatic heterocycles. The highest BCUT2D eigenvalue weighted by Crippen LogP contribution is 2.23. The molecule has 5 nitrogen and oxygen atoms in total. The van der Waals surface area contributed by atoms with Gasteiger partial charge in [-0.15, -0.1) is 0 Å². The average Bonchev–Trinajstić information content (AvgIpc) is 2.26. The molecule has 0 atom stereocenters.